The van der Waals surface area contributed by atoms with Gasteiger partial charge in [-0.2, -0.15) is 0 Å². The standard InChI is InChI=1S/C16H23NO6/c1-9-13(18)23-11-5-7-17-6-4-10(12(11)17)8-22-14(19)16(3,21)15(9,2)20/h4,9,11-12,20-21H,5-8H2,1-3H3/t9?,11?,12?,15-,16+/m1/s1. The van der Waals surface area contributed by atoms with E-state index < -0.39 is 29.1 Å². The van der Waals surface area contributed by atoms with Crippen molar-refractivity contribution in [3.63, 3.8) is 0 Å². The summed E-state index contributed by atoms with van der Waals surface area (Å²) in [4.78, 5) is 26.9. The third kappa shape index (κ3) is 2.38. The molecule has 128 valence electrons. The third-order valence-corrected chi connectivity index (χ3v) is 5.63. The molecule has 0 saturated carbocycles. The molecular formula is C16H23NO6. The first kappa shape index (κ1) is 16.4. The van der Waals surface area contributed by atoms with E-state index in [4.69, 9.17) is 9.47 Å². The van der Waals surface area contributed by atoms with Gasteiger partial charge in [-0.25, -0.2) is 4.79 Å². The van der Waals surface area contributed by atoms with Crippen LogP contribution < -0.4 is 0 Å². The minimum Gasteiger partial charge on any atom is -0.460 e. The lowest BCUT2D eigenvalue weighted by Crippen LogP contribution is -2.61. The number of ether oxygens (including phenoxy) is 2. The van der Waals surface area contributed by atoms with Gasteiger partial charge in [0, 0.05) is 13.1 Å². The smallest absolute Gasteiger partial charge is 0.341 e. The Morgan fingerprint density at radius 3 is 2.70 bits per heavy atom. The number of nitrogens with zero attached hydrogens (tertiary/aromatic N) is 1. The zero-order chi connectivity index (χ0) is 17.0. The van der Waals surface area contributed by atoms with Crippen molar-refractivity contribution >= 4 is 11.9 Å². The lowest BCUT2D eigenvalue weighted by molar-refractivity contribution is -0.205. The lowest BCUT2D eigenvalue weighted by atomic mass is 9.76. The number of hydrogen-bond acceptors (Lipinski definition) is 7. The molecule has 0 bridgehead atoms. The summed E-state index contributed by atoms with van der Waals surface area (Å²) in [6.07, 6.45) is 2.34. The molecule has 0 aromatic heterocycles. The molecule has 2 N–H and O–H groups in total. The quantitative estimate of drug-likeness (QED) is 0.462. The fourth-order valence-corrected chi connectivity index (χ4v) is 3.52. The Labute approximate surface area is 134 Å². The van der Waals surface area contributed by atoms with Crippen LogP contribution in [0, 0.1) is 5.92 Å². The highest BCUT2D eigenvalue weighted by molar-refractivity contribution is 5.83. The molecule has 2 saturated heterocycles. The van der Waals surface area contributed by atoms with Crippen LogP contribution >= 0.6 is 0 Å². The van der Waals surface area contributed by atoms with E-state index in [1.165, 1.54) is 13.8 Å². The number of aliphatic hydroxyl groups is 2. The van der Waals surface area contributed by atoms with Crippen molar-refractivity contribution in [2.24, 2.45) is 5.92 Å². The molecule has 0 aromatic carbocycles. The summed E-state index contributed by atoms with van der Waals surface area (Å²) in [7, 11) is 0. The first-order chi connectivity index (χ1) is 10.7. The predicted octanol–water partition coefficient (Wildman–Crippen LogP) is -0.393. The Bertz CT molecular complexity index is 567. The van der Waals surface area contributed by atoms with Gasteiger partial charge in [-0.1, -0.05) is 6.08 Å². The molecule has 3 unspecified atom stereocenters. The Morgan fingerprint density at radius 1 is 1.30 bits per heavy atom. The summed E-state index contributed by atoms with van der Waals surface area (Å²) in [5.41, 5.74) is -3.35. The number of carbonyl (C=O) groups is 2. The van der Waals surface area contributed by atoms with E-state index in [-0.39, 0.29) is 18.8 Å². The van der Waals surface area contributed by atoms with Crippen LogP contribution in [-0.2, 0) is 19.1 Å². The average Bonchev–Trinajstić information content (AvgIpc) is 3.06. The van der Waals surface area contributed by atoms with Gasteiger partial charge in [0.25, 0.3) is 0 Å². The lowest BCUT2D eigenvalue weighted by Gasteiger charge is -2.39. The molecule has 3 heterocycles. The second-order valence-corrected chi connectivity index (χ2v) is 7.00. The van der Waals surface area contributed by atoms with Crippen molar-refractivity contribution in [3.05, 3.63) is 11.6 Å². The van der Waals surface area contributed by atoms with Gasteiger partial charge in [0.05, 0.1) is 12.0 Å². The van der Waals surface area contributed by atoms with Crippen molar-refractivity contribution in [1.29, 1.82) is 0 Å². The van der Waals surface area contributed by atoms with Gasteiger partial charge in [0.1, 0.15) is 18.3 Å². The third-order valence-electron chi connectivity index (χ3n) is 5.63. The molecule has 3 rings (SSSR count). The maximum absolute atomic E-state index is 12.4. The Kier molecular flexibility index (Phi) is 3.78. The number of rotatable bonds is 0. The van der Waals surface area contributed by atoms with E-state index in [1.807, 2.05) is 6.08 Å². The molecule has 7 heteroatoms. The number of carbonyl (C=O) groups excluding carboxylic acids is 2. The Morgan fingerprint density at radius 2 is 2.00 bits per heavy atom. The van der Waals surface area contributed by atoms with Gasteiger partial charge < -0.3 is 19.7 Å². The summed E-state index contributed by atoms with van der Waals surface area (Å²) < 4.78 is 10.8. The van der Waals surface area contributed by atoms with Crippen LogP contribution in [-0.4, -0.2) is 70.1 Å². The van der Waals surface area contributed by atoms with Crippen LogP contribution in [0.25, 0.3) is 0 Å². The molecule has 0 amide bonds. The highest BCUT2D eigenvalue weighted by atomic mass is 16.6. The Balaban J connectivity index is 1.97. The van der Waals surface area contributed by atoms with Crippen molar-refractivity contribution < 1.29 is 29.3 Å². The summed E-state index contributed by atoms with van der Waals surface area (Å²) >= 11 is 0. The molecule has 0 aliphatic carbocycles. The molecule has 0 aromatic rings. The van der Waals surface area contributed by atoms with Crippen LogP contribution in [0.5, 0.6) is 0 Å². The number of esters is 2. The van der Waals surface area contributed by atoms with Crippen molar-refractivity contribution in [2.45, 2.75) is 50.5 Å². The van der Waals surface area contributed by atoms with Gasteiger partial charge >= 0.3 is 11.9 Å². The molecule has 5 atom stereocenters. The topological polar surface area (TPSA) is 96.3 Å². The molecule has 0 radical (unpaired) electrons. The van der Waals surface area contributed by atoms with E-state index in [1.54, 1.807) is 0 Å². The average molecular weight is 325 g/mol. The van der Waals surface area contributed by atoms with Crippen LogP contribution in [0.4, 0.5) is 0 Å². The van der Waals surface area contributed by atoms with Crippen molar-refractivity contribution in [2.75, 3.05) is 19.7 Å². The van der Waals surface area contributed by atoms with E-state index in [2.05, 4.69) is 4.90 Å². The molecular weight excluding hydrogens is 302 g/mol. The largest absolute Gasteiger partial charge is 0.460 e. The van der Waals surface area contributed by atoms with Crippen LogP contribution in [0.2, 0.25) is 0 Å². The van der Waals surface area contributed by atoms with Crippen LogP contribution in [0.1, 0.15) is 27.2 Å². The second kappa shape index (κ2) is 5.29. The zero-order valence-corrected chi connectivity index (χ0v) is 13.6. The fraction of sp³-hybridized carbons (Fsp3) is 0.750. The second-order valence-electron chi connectivity index (χ2n) is 7.00. The highest BCUT2D eigenvalue weighted by Crippen LogP contribution is 2.36. The summed E-state index contributed by atoms with van der Waals surface area (Å²) in [5.74, 6) is -2.65. The summed E-state index contributed by atoms with van der Waals surface area (Å²) in [5, 5.41) is 21.1. The maximum atomic E-state index is 12.4. The normalized spacial score (nSPS) is 44.9. The maximum Gasteiger partial charge on any atom is 0.341 e. The predicted molar refractivity (Wildman–Crippen MR) is 79.3 cm³/mol. The van der Waals surface area contributed by atoms with Crippen LogP contribution in [0.3, 0.4) is 0 Å². The first-order valence-corrected chi connectivity index (χ1v) is 7.91. The van der Waals surface area contributed by atoms with E-state index in [0.717, 1.165) is 25.6 Å². The van der Waals surface area contributed by atoms with Crippen LogP contribution in [0.15, 0.2) is 11.6 Å². The van der Waals surface area contributed by atoms with Gasteiger partial charge in [0.15, 0.2) is 5.60 Å². The minimum absolute atomic E-state index is 0.0225. The monoisotopic (exact) mass is 325 g/mol. The van der Waals surface area contributed by atoms with E-state index in [0.29, 0.717) is 6.42 Å². The van der Waals surface area contributed by atoms with Gasteiger partial charge in [0.2, 0.25) is 0 Å². The summed E-state index contributed by atoms with van der Waals surface area (Å²) in [6, 6.07) is -0.0908. The van der Waals surface area contributed by atoms with Gasteiger partial charge in [-0.05, 0) is 32.8 Å². The van der Waals surface area contributed by atoms with E-state index in [9.17, 15) is 19.8 Å². The number of cyclic esters (lactones) is 1. The van der Waals surface area contributed by atoms with Gasteiger partial charge in [-0.3, -0.25) is 9.69 Å². The fourth-order valence-electron chi connectivity index (χ4n) is 3.52. The summed E-state index contributed by atoms with van der Waals surface area (Å²) in [6.45, 7) is 5.41. The molecule has 2 fully saturated rings. The molecule has 3 aliphatic heterocycles. The Hall–Kier alpha value is -1.44. The van der Waals surface area contributed by atoms with E-state index >= 15 is 0 Å². The molecule has 7 nitrogen and oxygen atoms in total. The molecule has 0 spiro atoms. The SMILES string of the molecule is CC1C(=O)OC2CCN3CC=C(COC(=O)[C@](C)(O)[C@]1(C)O)C23. The first-order valence-electron chi connectivity index (χ1n) is 7.91. The number of hydrogen-bond donors (Lipinski definition) is 2. The zero-order valence-electron chi connectivity index (χ0n) is 13.6. The highest BCUT2D eigenvalue weighted by Gasteiger charge is 2.56. The minimum atomic E-state index is -2.22. The van der Waals surface area contributed by atoms with Gasteiger partial charge in [-0.15, -0.1) is 0 Å². The molecule has 3 aliphatic rings. The molecule has 23 heavy (non-hydrogen) atoms. The van der Waals surface area contributed by atoms with Crippen molar-refractivity contribution in [1.82, 2.24) is 4.90 Å². The van der Waals surface area contributed by atoms with Crippen molar-refractivity contribution in [3.8, 4) is 0 Å².